The van der Waals surface area contributed by atoms with E-state index < -0.39 is 0 Å². The molecule has 96 valence electrons. The Hall–Kier alpha value is -0.120. The maximum absolute atomic E-state index is 6.06. The number of hydrogen-bond donors (Lipinski definition) is 2. The molecular weight excluding hydrogens is 200 g/mol. The van der Waals surface area contributed by atoms with Gasteiger partial charge in [0.05, 0.1) is 13.2 Å². The Kier molecular flexibility index (Phi) is 5.73. The van der Waals surface area contributed by atoms with Gasteiger partial charge in [0.2, 0.25) is 0 Å². The Bertz CT molecular complexity index is 198. The molecule has 3 N–H and O–H groups in total. The molecular formula is C13H28N2O. The van der Waals surface area contributed by atoms with Crippen LogP contribution in [0.1, 0.15) is 46.5 Å². The number of unbranched alkanes of at least 4 members (excludes halogenated alkanes) is 2. The second-order valence-corrected chi connectivity index (χ2v) is 5.55. The highest BCUT2D eigenvalue weighted by atomic mass is 16.5. The van der Waals surface area contributed by atoms with Crippen LogP contribution in [0.3, 0.4) is 0 Å². The molecule has 3 atom stereocenters. The Morgan fingerprint density at radius 2 is 2.25 bits per heavy atom. The van der Waals surface area contributed by atoms with E-state index in [1.165, 1.54) is 25.7 Å². The molecule has 1 rings (SSSR count). The summed E-state index contributed by atoms with van der Waals surface area (Å²) < 4.78 is 5.44. The first-order chi connectivity index (χ1) is 7.58. The van der Waals surface area contributed by atoms with Crippen LogP contribution in [0.15, 0.2) is 0 Å². The minimum absolute atomic E-state index is 0.124. The van der Waals surface area contributed by atoms with Crippen molar-refractivity contribution >= 4 is 0 Å². The zero-order chi connectivity index (χ0) is 12.0. The third-order valence-corrected chi connectivity index (χ3v) is 3.72. The molecule has 0 bridgehead atoms. The van der Waals surface area contributed by atoms with E-state index in [0.717, 1.165) is 13.2 Å². The summed E-state index contributed by atoms with van der Waals surface area (Å²) in [5, 5.41) is 3.59. The molecule has 0 spiro atoms. The third kappa shape index (κ3) is 4.04. The molecule has 0 aromatic carbocycles. The SMILES string of the molecule is CCCCCC(C)NCC1(C)COCC1N. The van der Waals surface area contributed by atoms with Crippen molar-refractivity contribution in [2.45, 2.75) is 58.5 Å². The molecule has 3 unspecified atom stereocenters. The van der Waals surface area contributed by atoms with Crippen LogP contribution in [-0.2, 0) is 4.74 Å². The van der Waals surface area contributed by atoms with E-state index in [2.05, 4.69) is 26.1 Å². The van der Waals surface area contributed by atoms with Crippen molar-refractivity contribution in [3.8, 4) is 0 Å². The van der Waals surface area contributed by atoms with Gasteiger partial charge >= 0.3 is 0 Å². The molecule has 1 aliphatic heterocycles. The predicted octanol–water partition coefficient (Wildman–Crippen LogP) is 1.91. The summed E-state index contributed by atoms with van der Waals surface area (Å²) in [6, 6.07) is 0.777. The van der Waals surface area contributed by atoms with Crippen LogP contribution in [0.5, 0.6) is 0 Å². The number of nitrogens with one attached hydrogen (secondary N) is 1. The van der Waals surface area contributed by atoms with Gasteiger partial charge in [-0.3, -0.25) is 0 Å². The van der Waals surface area contributed by atoms with Crippen molar-refractivity contribution in [2.24, 2.45) is 11.1 Å². The maximum Gasteiger partial charge on any atom is 0.0624 e. The molecule has 3 heteroatoms. The van der Waals surface area contributed by atoms with Crippen LogP contribution in [0, 0.1) is 5.41 Å². The smallest absolute Gasteiger partial charge is 0.0624 e. The Morgan fingerprint density at radius 1 is 1.50 bits per heavy atom. The van der Waals surface area contributed by atoms with Gasteiger partial charge in [-0.25, -0.2) is 0 Å². The van der Waals surface area contributed by atoms with Crippen molar-refractivity contribution in [1.29, 1.82) is 0 Å². The van der Waals surface area contributed by atoms with E-state index in [4.69, 9.17) is 10.5 Å². The van der Waals surface area contributed by atoms with Crippen molar-refractivity contribution < 1.29 is 4.74 Å². The number of rotatable bonds is 7. The van der Waals surface area contributed by atoms with E-state index in [9.17, 15) is 0 Å². The molecule has 16 heavy (non-hydrogen) atoms. The van der Waals surface area contributed by atoms with Crippen LogP contribution in [0.25, 0.3) is 0 Å². The molecule has 1 heterocycles. The van der Waals surface area contributed by atoms with E-state index in [-0.39, 0.29) is 11.5 Å². The van der Waals surface area contributed by atoms with E-state index >= 15 is 0 Å². The third-order valence-electron chi connectivity index (χ3n) is 3.72. The lowest BCUT2D eigenvalue weighted by Gasteiger charge is -2.29. The summed E-state index contributed by atoms with van der Waals surface area (Å²) in [5.41, 5.74) is 6.18. The average Bonchev–Trinajstić information content (AvgIpc) is 2.58. The maximum atomic E-state index is 6.06. The van der Waals surface area contributed by atoms with Gasteiger partial charge in [0, 0.05) is 24.0 Å². The highest BCUT2D eigenvalue weighted by Crippen LogP contribution is 2.26. The summed E-state index contributed by atoms with van der Waals surface area (Å²) in [4.78, 5) is 0. The van der Waals surface area contributed by atoms with Crippen molar-refractivity contribution in [1.82, 2.24) is 5.32 Å². The summed E-state index contributed by atoms with van der Waals surface area (Å²) in [7, 11) is 0. The molecule has 0 amide bonds. The zero-order valence-electron chi connectivity index (χ0n) is 11.1. The van der Waals surface area contributed by atoms with Crippen molar-refractivity contribution in [2.75, 3.05) is 19.8 Å². The largest absolute Gasteiger partial charge is 0.379 e. The quantitative estimate of drug-likeness (QED) is 0.654. The molecule has 0 aromatic rings. The fourth-order valence-electron chi connectivity index (χ4n) is 2.12. The van der Waals surface area contributed by atoms with E-state index in [1.54, 1.807) is 0 Å². The second kappa shape index (κ2) is 6.58. The molecule has 1 aliphatic rings. The van der Waals surface area contributed by atoms with Gasteiger partial charge < -0.3 is 15.8 Å². The van der Waals surface area contributed by atoms with Crippen molar-refractivity contribution in [3.05, 3.63) is 0 Å². The first-order valence-corrected chi connectivity index (χ1v) is 6.65. The number of hydrogen-bond acceptors (Lipinski definition) is 3. The fraction of sp³-hybridized carbons (Fsp3) is 1.00. The van der Waals surface area contributed by atoms with Crippen molar-refractivity contribution in [3.63, 3.8) is 0 Å². The molecule has 3 nitrogen and oxygen atoms in total. The van der Waals surface area contributed by atoms with Crippen LogP contribution >= 0.6 is 0 Å². The number of nitrogens with two attached hydrogens (primary N) is 1. The molecule has 0 saturated carbocycles. The first kappa shape index (κ1) is 13.9. The molecule has 0 aromatic heterocycles. The van der Waals surface area contributed by atoms with Gasteiger partial charge in [0.1, 0.15) is 0 Å². The second-order valence-electron chi connectivity index (χ2n) is 5.55. The van der Waals surface area contributed by atoms with Gasteiger partial charge in [-0.2, -0.15) is 0 Å². The van der Waals surface area contributed by atoms with Gasteiger partial charge in [-0.15, -0.1) is 0 Å². The Labute approximate surface area is 100 Å². The lowest BCUT2D eigenvalue weighted by atomic mass is 9.85. The highest BCUT2D eigenvalue weighted by Gasteiger charge is 2.37. The van der Waals surface area contributed by atoms with Gasteiger partial charge in [0.15, 0.2) is 0 Å². The molecule has 1 saturated heterocycles. The summed E-state index contributed by atoms with van der Waals surface area (Å²) in [6.07, 6.45) is 5.22. The normalized spacial score (nSPS) is 31.9. The zero-order valence-corrected chi connectivity index (χ0v) is 11.1. The Morgan fingerprint density at radius 3 is 2.81 bits per heavy atom. The van der Waals surface area contributed by atoms with Gasteiger partial charge in [-0.05, 0) is 13.3 Å². The topological polar surface area (TPSA) is 47.3 Å². The van der Waals surface area contributed by atoms with E-state index in [0.29, 0.717) is 12.6 Å². The predicted molar refractivity (Wildman–Crippen MR) is 68.5 cm³/mol. The molecule has 1 fully saturated rings. The van der Waals surface area contributed by atoms with Crippen LogP contribution < -0.4 is 11.1 Å². The summed E-state index contributed by atoms with van der Waals surface area (Å²) in [5.74, 6) is 0. The van der Waals surface area contributed by atoms with E-state index in [1.807, 2.05) is 0 Å². The standard InChI is InChI=1S/C13H28N2O/c1-4-5-6-7-11(2)15-9-13(3)10-16-8-12(13)14/h11-12,15H,4-10,14H2,1-3H3. The summed E-state index contributed by atoms with van der Waals surface area (Å²) in [6.45, 7) is 9.21. The Balaban J connectivity index is 2.17. The summed E-state index contributed by atoms with van der Waals surface area (Å²) >= 11 is 0. The van der Waals surface area contributed by atoms with Gasteiger partial charge in [-0.1, -0.05) is 33.1 Å². The molecule has 0 aliphatic carbocycles. The fourth-order valence-corrected chi connectivity index (χ4v) is 2.12. The van der Waals surface area contributed by atoms with Crippen LogP contribution in [-0.4, -0.2) is 31.8 Å². The monoisotopic (exact) mass is 228 g/mol. The van der Waals surface area contributed by atoms with Crippen LogP contribution in [0.4, 0.5) is 0 Å². The van der Waals surface area contributed by atoms with Gasteiger partial charge in [0.25, 0.3) is 0 Å². The lowest BCUT2D eigenvalue weighted by Crippen LogP contribution is -2.47. The van der Waals surface area contributed by atoms with Crippen LogP contribution in [0.2, 0.25) is 0 Å². The molecule has 0 radical (unpaired) electrons. The highest BCUT2D eigenvalue weighted by molar-refractivity contribution is 4.92. The first-order valence-electron chi connectivity index (χ1n) is 6.65. The minimum atomic E-state index is 0.124. The minimum Gasteiger partial charge on any atom is -0.379 e. The lowest BCUT2D eigenvalue weighted by molar-refractivity contribution is 0.156. The average molecular weight is 228 g/mol. The number of ether oxygens (including phenoxy) is 1.